The predicted octanol–water partition coefficient (Wildman–Crippen LogP) is 4.77. The minimum Gasteiger partial charge on any atom is -0.491 e. The molecule has 40 heavy (non-hydrogen) atoms. The largest absolute Gasteiger partial charge is 0.491 e. The Bertz CT molecular complexity index is 1600. The van der Waals surface area contributed by atoms with Crippen LogP contribution in [0.15, 0.2) is 63.5 Å². The quantitative estimate of drug-likeness (QED) is 0.330. The van der Waals surface area contributed by atoms with Crippen LogP contribution in [-0.4, -0.2) is 36.0 Å². The van der Waals surface area contributed by atoms with E-state index >= 15 is 0 Å². The first-order valence-electron chi connectivity index (χ1n) is 13.5. The van der Waals surface area contributed by atoms with Gasteiger partial charge in [0.05, 0.1) is 41.2 Å². The molecule has 0 fully saturated rings. The number of carbonyl (C=O) groups excluding carboxylic acids is 1. The Kier molecular flexibility index (Phi) is 9.14. The van der Waals surface area contributed by atoms with Gasteiger partial charge in [0.25, 0.3) is 5.56 Å². The van der Waals surface area contributed by atoms with Crippen LogP contribution in [-0.2, 0) is 9.53 Å². The Morgan fingerprint density at radius 1 is 1.00 bits per heavy atom. The maximum atomic E-state index is 14.0. The zero-order chi connectivity index (χ0) is 29.0. The third-order valence-electron chi connectivity index (χ3n) is 6.02. The maximum absolute atomic E-state index is 14.0. The number of carbonyl (C=O) groups is 1. The second kappa shape index (κ2) is 12.6. The highest BCUT2D eigenvalue weighted by atomic mass is 32.1. The average molecular weight is 565 g/mol. The van der Waals surface area contributed by atoms with E-state index in [1.54, 1.807) is 18.4 Å². The fourth-order valence-corrected chi connectivity index (χ4v) is 5.59. The van der Waals surface area contributed by atoms with Gasteiger partial charge >= 0.3 is 5.97 Å². The molecule has 212 valence electrons. The van der Waals surface area contributed by atoms with Crippen LogP contribution in [0.25, 0.3) is 6.08 Å². The van der Waals surface area contributed by atoms with Gasteiger partial charge in [-0.15, -0.1) is 0 Å². The lowest BCUT2D eigenvalue weighted by atomic mass is 9.95. The van der Waals surface area contributed by atoms with Crippen molar-refractivity contribution < 1.29 is 23.7 Å². The van der Waals surface area contributed by atoms with Gasteiger partial charge in [-0.25, -0.2) is 9.79 Å². The van der Waals surface area contributed by atoms with Crippen molar-refractivity contribution in [2.45, 2.75) is 66.7 Å². The molecule has 1 aliphatic rings. The minimum absolute atomic E-state index is 0.00636. The van der Waals surface area contributed by atoms with Crippen molar-refractivity contribution >= 4 is 23.4 Å². The highest BCUT2D eigenvalue weighted by Gasteiger charge is 2.35. The molecule has 0 N–H and O–H groups in total. The first-order valence-corrected chi connectivity index (χ1v) is 14.3. The molecule has 0 bridgehead atoms. The lowest BCUT2D eigenvalue weighted by molar-refractivity contribution is -0.139. The van der Waals surface area contributed by atoms with Crippen molar-refractivity contribution in [2.75, 3.05) is 13.2 Å². The highest BCUT2D eigenvalue weighted by Crippen LogP contribution is 2.36. The van der Waals surface area contributed by atoms with Gasteiger partial charge in [-0.3, -0.25) is 9.36 Å². The van der Waals surface area contributed by atoms with Crippen LogP contribution in [0, 0.1) is 0 Å². The van der Waals surface area contributed by atoms with E-state index < -0.39 is 12.0 Å². The first kappa shape index (κ1) is 29.1. The number of para-hydroxylation sites is 1. The van der Waals surface area contributed by atoms with E-state index in [2.05, 4.69) is 4.99 Å². The number of allylic oxidation sites excluding steroid dienone is 1. The molecule has 8 nitrogen and oxygen atoms in total. The smallest absolute Gasteiger partial charge is 0.338 e. The molecule has 1 aliphatic heterocycles. The SMILES string of the molecule is CCOC(=O)C1=C(C)N=c2s/c(=C\c3ccc(OC(C)C)c(OCC)c3)c(=O)n2[C@H]1c1ccccc1OC(C)C. The molecule has 0 spiro atoms. The molecular weight excluding hydrogens is 528 g/mol. The summed E-state index contributed by atoms with van der Waals surface area (Å²) in [4.78, 5) is 32.4. The summed E-state index contributed by atoms with van der Waals surface area (Å²) in [6.07, 6.45) is 1.70. The monoisotopic (exact) mass is 564 g/mol. The van der Waals surface area contributed by atoms with E-state index in [1.165, 1.54) is 11.3 Å². The second-order valence-electron chi connectivity index (χ2n) is 9.81. The number of benzene rings is 2. The van der Waals surface area contributed by atoms with Crippen LogP contribution in [0.4, 0.5) is 0 Å². The summed E-state index contributed by atoms with van der Waals surface area (Å²) in [6.45, 7) is 13.9. The molecule has 9 heteroatoms. The van der Waals surface area contributed by atoms with Gasteiger partial charge < -0.3 is 18.9 Å². The molecule has 3 aromatic rings. The molecule has 0 unspecified atom stereocenters. The lowest BCUT2D eigenvalue weighted by Crippen LogP contribution is -2.40. The maximum Gasteiger partial charge on any atom is 0.338 e. The Hall–Kier alpha value is -3.85. The molecule has 1 atom stereocenters. The van der Waals surface area contributed by atoms with Gasteiger partial charge in [-0.2, -0.15) is 0 Å². The Labute approximate surface area is 238 Å². The van der Waals surface area contributed by atoms with E-state index in [4.69, 9.17) is 18.9 Å². The van der Waals surface area contributed by atoms with Crippen molar-refractivity contribution in [1.82, 2.24) is 4.57 Å². The predicted molar refractivity (Wildman–Crippen MR) is 156 cm³/mol. The van der Waals surface area contributed by atoms with Crippen LogP contribution in [0.2, 0.25) is 0 Å². The lowest BCUT2D eigenvalue weighted by Gasteiger charge is -2.26. The number of hydrogen-bond acceptors (Lipinski definition) is 8. The number of thiazole rings is 1. The van der Waals surface area contributed by atoms with E-state index in [1.807, 2.05) is 83.2 Å². The summed E-state index contributed by atoms with van der Waals surface area (Å²) in [7, 11) is 0. The molecule has 2 aromatic carbocycles. The zero-order valence-corrected chi connectivity index (χ0v) is 24.8. The van der Waals surface area contributed by atoms with E-state index in [0.29, 0.717) is 50.0 Å². The fraction of sp³-hybridized carbons (Fsp3) is 0.387. The third-order valence-corrected chi connectivity index (χ3v) is 7.00. The molecule has 2 heterocycles. The number of nitrogens with zero attached hydrogens (tertiary/aromatic N) is 2. The molecule has 0 saturated carbocycles. The van der Waals surface area contributed by atoms with Crippen molar-refractivity contribution in [1.29, 1.82) is 0 Å². The van der Waals surface area contributed by atoms with Gasteiger partial charge in [-0.05, 0) is 78.3 Å². The molecule has 1 aromatic heterocycles. The van der Waals surface area contributed by atoms with E-state index in [0.717, 1.165) is 5.56 Å². The van der Waals surface area contributed by atoms with Crippen LogP contribution in [0.3, 0.4) is 0 Å². The third kappa shape index (κ3) is 6.14. The molecule has 0 aliphatic carbocycles. The Morgan fingerprint density at radius 2 is 1.70 bits per heavy atom. The van der Waals surface area contributed by atoms with E-state index in [9.17, 15) is 9.59 Å². The van der Waals surface area contributed by atoms with Crippen molar-refractivity contribution in [3.63, 3.8) is 0 Å². The summed E-state index contributed by atoms with van der Waals surface area (Å²) in [5.41, 5.74) is 2.03. The fourth-order valence-electron chi connectivity index (χ4n) is 4.54. The number of ether oxygens (including phenoxy) is 4. The van der Waals surface area contributed by atoms with Crippen LogP contribution < -0.4 is 29.1 Å². The topological polar surface area (TPSA) is 88.4 Å². The van der Waals surface area contributed by atoms with E-state index in [-0.39, 0.29) is 24.4 Å². The Balaban J connectivity index is 1.92. The van der Waals surface area contributed by atoms with Gasteiger partial charge in [-0.1, -0.05) is 35.6 Å². The standard InChI is InChI=1S/C31H36N2O6S/c1-8-36-25-16-21(14-15-24(25)39-19(5)6)17-26-29(34)33-28(22-12-10-11-13-23(22)38-18(3)4)27(30(35)37-9-2)20(7)32-31(33)40-26/h10-19,28H,8-9H2,1-7H3/b26-17-/t28-/m0/s1. The normalized spacial score (nSPS) is 15.2. The van der Waals surface area contributed by atoms with Gasteiger partial charge in [0.1, 0.15) is 11.8 Å². The first-order chi connectivity index (χ1) is 19.1. The van der Waals surface area contributed by atoms with Crippen molar-refractivity contribution in [3.05, 3.63) is 84.5 Å². The number of esters is 1. The molecular formula is C31H36N2O6S. The molecule has 4 rings (SSSR count). The molecule has 0 saturated heterocycles. The number of fused-ring (bicyclic) bond motifs is 1. The summed E-state index contributed by atoms with van der Waals surface area (Å²) in [6, 6.07) is 12.3. The second-order valence-corrected chi connectivity index (χ2v) is 10.8. The summed E-state index contributed by atoms with van der Waals surface area (Å²) < 4.78 is 25.3. The summed E-state index contributed by atoms with van der Waals surface area (Å²) in [5.74, 6) is 1.34. The summed E-state index contributed by atoms with van der Waals surface area (Å²) in [5, 5.41) is 0. The van der Waals surface area contributed by atoms with Crippen LogP contribution in [0.1, 0.15) is 65.6 Å². The van der Waals surface area contributed by atoms with Gasteiger partial charge in [0.15, 0.2) is 16.3 Å². The van der Waals surface area contributed by atoms with Crippen molar-refractivity contribution in [3.8, 4) is 17.2 Å². The van der Waals surface area contributed by atoms with Crippen LogP contribution >= 0.6 is 11.3 Å². The minimum atomic E-state index is -0.756. The summed E-state index contributed by atoms with van der Waals surface area (Å²) >= 11 is 1.27. The average Bonchev–Trinajstić information content (AvgIpc) is 3.19. The number of rotatable bonds is 10. The molecule has 0 radical (unpaired) electrons. The highest BCUT2D eigenvalue weighted by molar-refractivity contribution is 7.07. The zero-order valence-electron chi connectivity index (χ0n) is 24.0. The van der Waals surface area contributed by atoms with Gasteiger partial charge in [0.2, 0.25) is 0 Å². The molecule has 0 amide bonds. The number of hydrogen-bond donors (Lipinski definition) is 0. The van der Waals surface area contributed by atoms with Gasteiger partial charge in [0, 0.05) is 5.56 Å². The number of aromatic nitrogens is 1. The van der Waals surface area contributed by atoms with Crippen LogP contribution in [0.5, 0.6) is 17.2 Å². The van der Waals surface area contributed by atoms with Crippen molar-refractivity contribution in [2.24, 2.45) is 4.99 Å². The Morgan fingerprint density at radius 3 is 2.38 bits per heavy atom.